The van der Waals surface area contributed by atoms with Gasteiger partial charge in [0.25, 0.3) is 0 Å². The van der Waals surface area contributed by atoms with Crippen LogP contribution in [-0.4, -0.2) is 25.0 Å². The zero-order valence-corrected chi connectivity index (χ0v) is 12.1. The average Bonchev–Trinajstić information content (AvgIpc) is 2.91. The Hall–Kier alpha value is -2.34. The second-order valence-corrected chi connectivity index (χ2v) is 5.34. The lowest BCUT2D eigenvalue weighted by Gasteiger charge is -2.19. The third-order valence-corrected chi connectivity index (χ3v) is 3.81. The van der Waals surface area contributed by atoms with Gasteiger partial charge in [0.1, 0.15) is 11.3 Å². The number of nitrogens with one attached hydrogen (secondary N) is 1. The van der Waals surface area contributed by atoms with Crippen molar-refractivity contribution < 1.29 is 18.7 Å². The Bertz CT molecular complexity index is 707. The molecule has 0 spiro atoms. The number of amides is 2. The third kappa shape index (κ3) is 2.82. The van der Waals surface area contributed by atoms with Crippen LogP contribution in [-0.2, 0) is 9.59 Å². The SMILES string of the molecule is NCCCOc1ccc2occ(C3CCC(=O)NC3=O)c2c1. The minimum absolute atomic E-state index is 0.222. The zero-order valence-electron chi connectivity index (χ0n) is 12.1. The predicted octanol–water partition coefficient (Wildman–Crippen LogP) is 1.68. The summed E-state index contributed by atoms with van der Waals surface area (Å²) in [6, 6.07) is 5.52. The molecule has 0 bridgehead atoms. The van der Waals surface area contributed by atoms with Crippen molar-refractivity contribution in [3.05, 3.63) is 30.0 Å². The molecule has 1 atom stereocenters. The highest BCUT2D eigenvalue weighted by atomic mass is 16.5. The number of ether oxygens (including phenoxy) is 1. The maximum Gasteiger partial charge on any atom is 0.234 e. The standard InChI is InChI=1S/C16H18N2O4/c17-6-1-7-21-10-2-4-14-12(8-10)13(9-22-14)11-3-5-15(19)18-16(11)20/h2,4,8-9,11H,1,3,5-7,17H2,(H,18,19,20). The second-order valence-electron chi connectivity index (χ2n) is 5.34. The van der Waals surface area contributed by atoms with Gasteiger partial charge in [-0.3, -0.25) is 14.9 Å². The van der Waals surface area contributed by atoms with Crippen molar-refractivity contribution in [2.45, 2.75) is 25.2 Å². The molecule has 1 aromatic heterocycles. The number of benzene rings is 1. The van der Waals surface area contributed by atoms with Gasteiger partial charge < -0.3 is 14.9 Å². The van der Waals surface area contributed by atoms with Crippen molar-refractivity contribution in [3.63, 3.8) is 0 Å². The van der Waals surface area contributed by atoms with Crippen molar-refractivity contribution in [2.75, 3.05) is 13.2 Å². The van der Waals surface area contributed by atoms with E-state index in [1.54, 1.807) is 6.26 Å². The molecule has 1 aliphatic rings. The van der Waals surface area contributed by atoms with Crippen LogP contribution in [0.5, 0.6) is 5.75 Å². The van der Waals surface area contributed by atoms with Gasteiger partial charge in [-0.05, 0) is 37.6 Å². The fraction of sp³-hybridized carbons (Fsp3) is 0.375. The van der Waals surface area contributed by atoms with Gasteiger partial charge in [-0.1, -0.05) is 0 Å². The Balaban J connectivity index is 1.88. The van der Waals surface area contributed by atoms with Gasteiger partial charge in [0.2, 0.25) is 11.8 Å². The minimum atomic E-state index is -0.363. The summed E-state index contributed by atoms with van der Waals surface area (Å²) in [5.41, 5.74) is 6.94. The number of piperidine rings is 1. The summed E-state index contributed by atoms with van der Waals surface area (Å²) in [6.07, 6.45) is 3.21. The summed E-state index contributed by atoms with van der Waals surface area (Å²) >= 11 is 0. The molecule has 3 rings (SSSR count). The summed E-state index contributed by atoms with van der Waals surface area (Å²) in [5.74, 6) is -0.137. The third-order valence-electron chi connectivity index (χ3n) is 3.81. The molecule has 2 amide bonds. The number of rotatable bonds is 5. The Morgan fingerprint density at radius 3 is 3.00 bits per heavy atom. The Kier molecular flexibility index (Phi) is 4.11. The van der Waals surface area contributed by atoms with Crippen molar-refractivity contribution in [3.8, 4) is 5.75 Å². The van der Waals surface area contributed by atoms with E-state index in [1.165, 1.54) is 0 Å². The lowest BCUT2D eigenvalue weighted by molar-refractivity contribution is -0.134. The lowest BCUT2D eigenvalue weighted by Crippen LogP contribution is -2.39. The summed E-state index contributed by atoms with van der Waals surface area (Å²) in [5, 5.41) is 3.22. The van der Waals surface area contributed by atoms with Crippen LogP contribution in [0.3, 0.4) is 0 Å². The molecular weight excluding hydrogens is 284 g/mol. The molecule has 3 N–H and O–H groups in total. The summed E-state index contributed by atoms with van der Waals surface area (Å²) < 4.78 is 11.2. The van der Waals surface area contributed by atoms with E-state index < -0.39 is 0 Å². The first-order valence-electron chi connectivity index (χ1n) is 7.36. The number of hydrogen-bond donors (Lipinski definition) is 2. The minimum Gasteiger partial charge on any atom is -0.494 e. The summed E-state index contributed by atoms with van der Waals surface area (Å²) in [7, 11) is 0. The molecular formula is C16H18N2O4. The second kappa shape index (κ2) is 6.19. The van der Waals surface area contributed by atoms with Crippen LogP contribution in [0, 0.1) is 0 Å². The highest BCUT2D eigenvalue weighted by molar-refractivity contribution is 6.02. The average molecular weight is 302 g/mol. The molecule has 2 heterocycles. The zero-order chi connectivity index (χ0) is 15.5. The number of nitrogens with two attached hydrogens (primary N) is 1. The quantitative estimate of drug-likeness (QED) is 0.647. The number of carbonyl (C=O) groups excluding carboxylic acids is 2. The van der Waals surface area contributed by atoms with Crippen LogP contribution in [0.2, 0.25) is 0 Å². The van der Waals surface area contributed by atoms with Gasteiger partial charge in [0.15, 0.2) is 0 Å². The van der Waals surface area contributed by atoms with Crippen molar-refractivity contribution in [2.24, 2.45) is 5.73 Å². The molecule has 1 fully saturated rings. The fourth-order valence-electron chi connectivity index (χ4n) is 2.65. The van der Waals surface area contributed by atoms with Crippen LogP contribution >= 0.6 is 0 Å². The molecule has 0 saturated carbocycles. The van der Waals surface area contributed by atoms with E-state index in [9.17, 15) is 9.59 Å². The monoisotopic (exact) mass is 302 g/mol. The highest BCUT2D eigenvalue weighted by Crippen LogP contribution is 2.34. The summed E-state index contributed by atoms with van der Waals surface area (Å²) in [6.45, 7) is 1.13. The van der Waals surface area contributed by atoms with Crippen LogP contribution < -0.4 is 15.8 Å². The molecule has 0 radical (unpaired) electrons. The maximum absolute atomic E-state index is 12.0. The maximum atomic E-state index is 12.0. The van der Waals surface area contributed by atoms with Gasteiger partial charge in [0, 0.05) is 17.4 Å². The smallest absolute Gasteiger partial charge is 0.234 e. The number of hydrogen-bond acceptors (Lipinski definition) is 5. The van der Waals surface area contributed by atoms with E-state index in [1.807, 2.05) is 18.2 Å². The molecule has 22 heavy (non-hydrogen) atoms. The number of imide groups is 1. The van der Waals surface area contributed by atoms with E-state index in [-0.39, 0.29) is 17.7 Å². The molecule has 1 unspecified atom stereocenters. The molecule has 6 nitrogen and oxygen atoms in total. The molecule has 2 aromatic rings. The van der Waals surface area contributed by atoms with Crippen LogP contribution in [0.25, 0.3) is 11.0 Å². The van der Waals surface area contributed by atoms with Crippen molar-refractivity contribution >= 4 is 22.8 Å². The van der Waals surface area contributed by atoms with E-state index >= 15 is 0 Å². The van der Waals surface area contributed by atoms with Crippen molar-refractivity contribution in [1.29, 1.82) is 0 Å². The molecule has 6 heteroatoms. The molecule has 1 saturated heterocycles. The van der Waals surface area contributed by atoms with E-state index in [4.69, 9.17) is 14.9 Å². The van der Waals surface area contributed by atoms with Crippen LogP contribution in [0.4, 0.5) is 0 Å². The van der Waals surface area contributed by atoms with Gasteiger partial charge in [0.05, 0.1) is 18.8 Å². The normalized spacial score (nSPS) is 18.5. The van der Waals surface area contributed by atoms with Crippen LogP contribution in [0.15, 0.2) is 28.9 Å². The largest absolute Gasteiger partial charge is 0.494 e. The fourth-order valence-corrected chi connectivity index (χ4v) is 2.65. The number of carbonyl (C=O) groups is 2. The van der Waals surface area contributed by atoms with Crippen molar-refractivity contribution in [1.82, 2.24) is 5.32 Å². The molecule has 1 aromatic carbocycles. The van der Waals surface area contributed by atoms with E-state index in [2.05, 4.69) is 5.32 Å². The topological polar surface area (TPSA) is 94.6 Å². The Morgan fingerprint density at radius 1 is 1.36 bits per heavy atom. The van der Waals surface area contributed by atoms with Gasteiger partial charge in [-0.15, -0.1) is 0 Å². The molecule has 116 valence electrons. The van der Waals surface area contributed by atoms with E-state index in [0.717, 1.165) is 23.1 Å². The first kappa shape index (κ1) is 14.6. The highest BCUT2D eigenvalue weighted by Gasteiger charge is 2.30. The van der Waals surface area contributed by atoms with Crippen LogP contribution in [0.1, 0.15) is 30.7 Å². The Morgan fingerprint density at radius 2 is 2.23 bits per heavy atom. The Labute approximate surface area is 127 Å². The van der Waals surface area contributed by atoms with Gasteiger partial charge in [-0.2, -0.15) is 0 Å². The molecule has 1 aliphatic heterocycles. The summed E-state index contributed by atoms with van der Waals surface area (Å²) in [4.78, 5) is 23.3. The predicted molar refractivity (Wildman–Crippen MR) is 80.5 cm³/mol. The first-order valence-corrected chi connectivity index (χ1v) is 7.36. The number of furan rings is 1. The number of fused-ring (bicyclic) bond motifs is 1. The lowest BCUT2D eigenvalue weighted by atomic mass is 9.90. The first-order chi connectivity index (χ1) is 10.7. The van der Waals surface area contributed by atoms with E-state index in [0.29, 0.717) is 31.6 Å². The van der Waals surface area contributed by atoms with Gasteiger partial charge >= 0.3 is 0 Å². The van der Waals surface area contributed by atoms with Gasteiger partial charge in [-0.25, -0.2) is 0 Å². The molecule has 0 aliphatic carbocycles.